The molecule has 88 valence electrons. The number of nitriles is 2. The minimum Gasteiger partial charge on any atom is -0.192 e. The zero-order valence-corrected chi connectivity index (χ0v) is 10.5. The van der Waals surface area contributed by atoms with E-state index in [1.807, 2.05) is 62.4 Å². The van der Waals surface area contributed by atoms with Crippen molar-refractivity contribution in [3.05, 3.63) is 70.8 Å². The first-order chi connectivity index (χ1) is 8.65. The van der Waals surface area contributed by atoms with Gasteiger partial charge in [0, 0.05) is 0 Å². The van der Waals surface area contributed by atoms with Gasteiger partial charge in [0.2, 0.25) is 0 Å². The maximum absolute atomic E-state index is 8.38. The minimum absolute atomic E-state index is 0.723. The second-order valence-corrected chi connectivity index (χ2v) is 3.96. The van der Waals surface area contributed by atoms with E-state index in [2.05, 4.69) is 12.1 Å². The summed E-state index contributed by atoms with van der Waals surface area (Å²) in [7, 11) is 0. The highest BCUT2D eigenvalue weighted by atomic mass is 14.2. The summed E-state index contributed by atoms with van der Waals surface area (Å²) >= 11 is 0. The van der Waals surface area contributed by atoms with Gasteiger partial charge in [0.1, 0.15) is 0 Å². The summed E-state index contributed by atoms with van der Waals surface area (Å²) in [5, 5.41) is 16.8. The average molecular weight is 234 g/mol. The van der Waals surface area contributed by atoms with E-state index in [4.69, 9.17) is 10.5 Å². The van der Waals surface area contributed by atoms with Crippen LogP contribution >= 0.6 is 0 Å². The molecule has 0 aromatic heterocycles. The Morgan fingerprint density at radius 2 is 0.889 bits per heavy atom. The largest absolute Gasteiger partial charge is 0.192 e. The Hall–Kier alpha value is -2.58. The summed E-state index contributed by atoms with van der Waals surface area (Å²) in [6.45, 7) is 4.00. The van der Waals surface area contributed by atoms with Crippen molar-refractivity contribution >= 4 is 0 Å². The molecule has 0 aliphatic rings. The van der Waals surface area contributed by atoms with Crippen molar-refractivity contribution in [1.82, 2.24) is 0 Å². The average Bonchev–Trinajstić information content (AvgIpc) is 2.41. The maximum Gasteiger partial charge on any atom is 0.0991 e. The molecule has 0 aliphatic carbocycles. The first-order valence-electron chi connectivity index (χ1n) is 5.59. The summed E-state index contributed by atoms with van der Waals surface area (Å²) < 4.78 is 0. The van der Waals surface area contributed by atoms with Crippen LogP contribution in [0.5, 0.6) is 0 Å². The normalized spacial score (nSPS) is 8.44. The van der Waals surface area contributed by atoms with Crippen molar-refractivity contribution < 1.29 is 0 Å². The van der Waals surface area contributed by atoms with Gasteiger partial charge in [0.15, 0.2) is 0 Å². The monoisotopic (exact) mass is 234 g/mol. The van der Waals surface area contributed by atoms with E-state index in [9.17, 15) is 0 Å². The zero-order valence-electron chi connectivity index (χ0n) is 10.5. The second-order valence-electron chi connectivity index (χ2n) is 3.96. The van der Waals surface area contributed by atoms with E-state index in [1.54, 1.807) is 0 Å². The number of hydrogen-bond donors (Lipinski definition) is 0. The van der Waals surface area contributed by atoms with Crippen molar-refractivity contribution in [2.24, 2.45) is 0 Å². The van der Waals surface area contributed by atoms with E-state index in [-0.39, 0.29) is 0 Å². The molecule has 0 atom stereocenters. The predicted octanol–water partition coefficient (Wildman–Crippen LogP) is 3.73. The van der Waals surface area contributed by atoms with Crippen molar-refractivity contribution in [2.75, 3.05) is 0 Å². The molecule has 0 heterocycles. The minimum atomic E-state index is 0.723. The first kappa shape index (κ1) is 13.5. The molecule has 0 unspecified atom stereocenters. The smallest absolute Gasteiger partial charge is 0.0991 e. The highest BCUT2D eigenvalue weighted by molar-refractivity contribution is 5.31. The molecule has 2 nitrogen and oxygen atoms in total. The van der Waals surface area contributed by atoms with Crippen LogP contribution < -0.4 is 0 Å². The third kappa shape index (κ3) is 4.51. The Morgan fingerprint density at radius 3 is 1.11 bits per heavy atom. The van der Waals surface area contributed by atoms with Crippen LogP contribution in [0.1, 0.15) is 22.3 Å². The zero-order chi connectivity index (χ0) is 13.4. The lowest BCUT2D eigenvalue weighted by Crippen LogP contribution is -1.72. The van der Waals surface area contributed by atoms with Gasteiger partial charge in [-0.2, -0.15) is 10.5 Å². The molecule has 0 spiro atoms. The summed E-state index contributed by atoms with van der Waals surface area (Å²) in [5.41, 5.74) is 3.82. The van der Waals surface area contributed by atoms with Crippen LogP contribution in [0.2, 0.25) is 0 Å². The molecule has 0 fully saturated rings. The number of rotatable bonds is 0. The Morgan fingerprint density at radius 1 is 0.611 bits per heavy atom. The third-order valence-electron chi connectivity index (χ3n) is 2.36. The molecule has 18 heavy (non-hydrogen) atoms. The van der Waals surface area contributed by atoms with Crippen molar-refractivity contribution in [3.8, 4) is 12.1 Å². The molecule has 2 rings (SSSR count). The number of benzene rings is 2. The number of nitrogens with zero attached hydrogens (tertiary/aromatic N) is 2. The van der Waals surface area contributed by atoms with Gasteiger partial charge in [0.25, 0.3) is 0 Å². The van der Waals surface area contributed by atoms with Gasteiger partial charge in [-0.1, -0.05) is 35.4 Å². The highest BCUT2D eigenvalue weighted by Gasteiger charge is 1.85. The van der Waals surface area contributed by atoms with Gasteiger partial charge >= 0.3 is 0 Å². The lowest BCUT2D eigenvalue weighted by molar-refractivity contribution is 1.43. The van der Waals surface area contributed by atoms with E-state index in [1.165, 1.54) is 11.1 Å². The first-order valence-corrected chi connectivity index (χ1v) is 5.59. The molecule has 0 aliphatic heterocycles. The van der Waals surface area contributed by atoms with Crippen LogP contribution in [0, 0.1) is 36.5 Å². The molecule has 2 heteroatoms. The van der Waals surface area contributed by atoms with Crippen molar-refractivity contribution in [3.63, 3.8) is 0 Å². The topological polar surface area (TPSA) is 47.6 Å². The van der Waals surface area contributed by atoms with Crippen molar-refractivity contribution in [1.29, 1.82) is 10.5 Å². The summed E-state index contributed by atoms with van der Waals surface area (Å²) in [6.07, 6.45) is 0. The Balaban J connectivity index is 0.000000180. The summed E-state index contributed by atoms with van der Waals surface area (Å²) in [4.78, 5) is 0. The fraction of sp³-hybridized carbons (Fsp3) is 0.125. The van der Waals surface area contributed by atoms with Gasteiger partial charge in [-0.15, -0.1) is 0 Å². The standard InChI is InChI=1S/2C8H7N/c2*1-7-2-4-8(6-9)5-3-7/h2*2-5H,1H3. The molecular weight excluding hydrogens is 220 g/mol. The second kappa shape index (κ2) is 6.89. The molecule has 0 saturated carbocycles. The third-order valence-corrected chi connectivity index (χ3v) is 2.36. The molecule has 2 aromatic rings. The molecule has 0 N–H and O–H groups in total. The number of aryl methyl sites for hydroxylation is 2. The summed E-state index contributed by atoms with van der Waals surface area (Å²) in [6, 6.07) is 19.1. The quantitative estimate of drug-likeness (QED) is 0.697. The lowest BCUT2D eigenvalue weighted by Gasteiger charge is -1.88. The molecule has 0 bridgehead atoms. The Bertz CT molecular complexity index is 511. The van der Waals surface area contributed by atoms with Crippen LogP contribution in [0.15, 0.2) is 48.5 Å². The Kier molecular flexibility index (Phi) is 5.16. The van der Waals surface area contributed by atoms with Gasteiger partial charge in [-0.25, -0.2) is 0 Å². The fourth-order valence-corrected chi connectivity index (χ4v) is 1.26. The highest BCUT2D eigenvalue weighted by Crippen LogP contribution is 2.00. The molecule has 0 radical (unpaired) electrons. The lowest BCUT2D eigenvalue weighted by atomic mass is 10.2. The van der Waals surface area contributed by atoms with E-state index >= 15 is 0 Å². The van der Waals surface area contributed by atoms with Crippen LogP contribution in [0.4, 0.5) is 0 Å². The van der Waals surface area contributed by atoms with Gasteiger partial charge in [-0.3, -0.25) is 0 Å². The maximum atomic E-state index is 8.38. The van der Waals surface area contributed by atoms with Crippen LogP contribution in [0.3, 0.4) is 0 Å². The SMILES string of the molecule is Cc1ccc(C#N)cc1.Cc1ccc(C#N)cc1. The molecule has 0 saturated heterocycles. The van der Waals surface area contributed by atoms with Gasteiger partial charge < -0.3 is 0 Å². The fourth-order valence-electron chi connectivity index (χ4n) is 1.26. The molecular formula is C16H14N2. The van der Waals surface area contributed by atoms with E-state index in [0.717, 1.165) is 11.1 Å². The predicted molar refractivity (Wildman–Crippen MR) is 71.8 cm³/mol. The number of hydrogen-bond acceptors (Lipinski definition) is 2. The van der Waals surface area contributed by atoms with Crippen LogP contribution in [0.25, 0.3) is 0 Å². The Labute approximate surface area is 108 Å². The molecule has 0 amide bonds. The van der Waals surface area contributed by atoms with E-state index < -0.39 is 0 Å². The molecule has 2 aromatic carbocycles. The van der Waals surface area contributed by atoms with E-state index in [0.29, 0.717) is 0 Å². The van der Waals surface area contributed by atoms with Gasteiger partial charge in [-0.05, 0) is 38.1 Å². The van der Waals surface area contributed by atoms with Gasteiger partial charge in [0.05, 0.1) is 23.3 Å². The van der Waals surface area contributed by atoms with Crippen LogP contribution in [-0.4, -0.2) is 0 Å². The van der Waals surface area contributed by atoms with Crippen molar-refractivity contribution in [2.45, 2.75) is 13.8 Å². The van der Waals surface area contributed by atoms with Crippen LogP contribution in [-0.2, 0) is 0 Å². The summed E-state index contributed by atoms with van der Waals surface area (Å²) in [5.74, 6) is 0.